The summed E-state index contributed by atoms with van der Waals surface area (Å²) in [5, 5.41) is 0. The second kappa shape index (κ2) is 3.45. The third kappa shape index (κ3) is 1.52. The second-order valence-corrected chi connectivity index (χ2v) is 4.07. The number of para-hydroxylation sites is 1. The Labute approximate surface area is 83.9 Å². The van der Waals surface area contributed by atoms with Crippen LogP contribution in [0.3, 0.4) is 0 Å². The lowest BCUT2D eigenvalue weighted by Crippen LogP contribution is -2.23. The maximum Gasteiger partial charge on any atom is 0.311 e. The Kier molecular flexibility index (Phi) is 2.28. The van der Waals surface area contributed by atoms with Gasteiger partial charge in [-0.15, -0.1) is 0 Å². The molecule has 2 nitrogen and oxygen atoms in total. The average Bonchev–Trinajstić information content (AvgIpc) is 2.16. The van der Waals surface area contributed by atoms with Crippen LogP contribution in [0.25, 0.3) is 0 Å². The molecule has 0 saturated heterocycles. The van der Waals surface area contributed by atoms with Crippen LogP contribution in [0.1, 0.15) is 31.7 Å². The molecule has 1 atom stereocenters. The minimum atomic E-state index is -0.109. The van der Waals surface area contributed by atoms with Crippen molar-refractivity contribution >= 4 is 5.97 Å². The summed E-state index contributed by atoms with van der Waals surface area (Å²) in [5.41, 5.74) is 1.17. The molecule has 0 saturated carbocycles. The van der Waals surface area contributed by atoms with Crippen LogP contribution in [0.2, 0.25) is 0 Å². The van der Waals surface area contributed by atoms with E-state index in [1.54, 1.807) is 0 Å². The zero-order valence-electron chi connectivity index (χ0n) is 8.49. The number of benzene rings is 1. The van der Waals surface area contributed by atoms with Gasteiger partial charge in [0.2, 0.25) is 0 Å². The molecular formula is C12H14O2. The predicted octanol–water partition coefficient (Wildman–Crippen LogP) is 2.74. The summed E-state index contributed by atoms with van der Waals surface area (Å²) < 4.78 is 5.17. The van der Waals surface area contributed by atoms with Gasteiger partial charge in [-0.25, -0.2) is 0 Å². The summed E-state index contributed by atoms with van der Waals surface area (Å²) in [6, 6.07) is 7.80. The molecule has 1 aliphatic heterocycles. The molecule has 2 rings (SSSR count). The van der Waals surface area contributed by atoms with Gasteiger partial charge in [0, 0.05) is 5.92 Å². The molecule has 0 aliphatic carbocycles. The molecule has 2 heteroatoms. The first kappa shape index (κ1) is 9.25. The van der Waals surface area contributed by atoms with E-state index in [1.807, 2.05) is 24.3 Å². The zero-order valence-corrected chi connectivity index (χ0v) is 8.49. The number of hydrogen-bond donors (Lipinski definition) is 0. The maximum atomic E-state index is 11.3. The Hall–Kier alpha value is -1.31. The van der Waals surface area contributed by atoms with E-state index in [4.69, 9.17) is 4.74 Å². The molecule has 1 aromatic rings. The number of esters is 1. The van der Waals surface area contributed by atoms with Crippen LogP contribution in [0.5, 0.6) is 5.75 Å². The van der Waals surface area contributed by atoms with Gasteiger partial charge in [0.1, 0.15) is 5.75 Å². The van der Waals surface area contributed by atoms with Gasteiger partial charge in [0.05, 0.1) is 6.42 Å². The number of ether oxygens (including phenoxy) is 1. The van der Waals surface area contributed by atoms with Crippen molar-refractivity contribution in [3.8, 4) is 5.75 Å². The Morgan fingerprint density at radius 2 is 2.07 bits per heavy atom. The standard InChI is InChI=1S/C12H14O2/c1-8(2)10-7-12(13)14-11-6-4-3-5-9(10)11/h3-6,8,10H,7H2,1-2H3. The molecule has 0 amide bonds. The van der Waals surface area contributed by atoms with Crippen LogP contribution in [0.15, 0.2) is 24.3 Å². The highest BCUT2D eigenvalue weighted by Crippen LogP contribution is 2.38. The third-order valence-corrected chi connectivity index (χ3v) is 2.73. The number of fused-ring (bicyclic) bond motifs is 1. The first-order chi connectivity index (χ1) is 6.68. The van der Waals surface area contributed by atoms with Gasteiger partial charge in [0.25, 0.3) is 0 Å². The highest BCUT2D eigenvalue weighted by Gasteiger charge is 2.28. The Balaban J connectivity index is 2.43. The van der Waals surface area contributed by atoms with E-state index in [0.29, 0.717) is 18.3 Å². The molecule has 0 fully saturated rings. The lowest BCUT2D eigenvalue weighted by atomic mass is 9.84. The molecule has 0 aromatic heterocycles. The van der Waals surface area contributed by atoms with Gasteiger partial charge in [-0.1, -0.05) is 32.0 Å². The summed E-state index contributed by atoms with van der Waals surface area (Å²) in [6.45, 7) is 4.28. The van der Waals surface area contributed by atoms with Crippen LogP contribution in [0, 0.1) is 5.92 Å². The fraction of sp³-hybridized carbons (Fsp3) is 0.417. The number of hydrogen-bond acceptors (Lipinski definition) is 2. The van der Waals surface area contributed by atoms with Crippen LogP contribution in [-0.4, -0.2) is 5.97 Å². The molecular weight excluding hydrogens is 176 g/mol. The number of rotatable bonds is 1. The number of carbonyl (C=O) groups is 1. The van der Waals surface area contributed by atoms with E-state index >= 15 is 0 Å². The predicted molar refractivity (Wildman–Crippen MR) is 54.3 cm³/mol. The van der Waals surface area contributed by atoms with Crippen LogP contribution in [-0.2, 0) is 4.79 Å². The first-order valence-corrected chi connectivity index (χ1v) is 4.98. The monoisotopic (exact) mass is 190 g/mol. The van der Waals surface area contributed by atoms with Crippen molar-refractivity contribution < 1.29 is 9.53 Å². The molecule has 1 unspecified atom stereocenters. The van der Waals surface area contributed by atoms with E-state index in [2.05, 4.69) is 13.8 Å². The minimum absolute atomic E-state index is 0.109. The molecule has 0 spiro atoms. The van der Waals surface area contributed by atoms with Crippen molar-refractivity contribution in [3.63, 3.8) is 0 Å². The second-order valence-electron chi connectivity index (χ2n) is 4.07. The SMILES string of the molecule is CC(C)C1CC(=O)Oc2ccccc21. The van der Waals surface area contributed by atoms with E-state index < -0.39 is 0 Å². The van der Waals surface area contributed by atoms with E-state index in [1.165, 1.54) is 5.56 Å². The van der Waals surface area contributed by atoms with Gasteiger partial charge < -0.3 is 4.74 Å². The summed E-state index contributed by atoms with van der Waals surface area (Å²) >= 11 is 0. The van der Waals surface area contributed by atoms with Gasteiger partial charge >= 0.3 is 5.97 Å². The summed E-state index contributed by atoms with van der Waals surface area (Å²) in [5.74, 6) is 1.42. The summed E-state index contributed by atoms with van der Waals surface area (Å²) in [6.07, 6.45) is 0.509. The largest absolute Gasteiger partial charge is 0.426 e. The fourth-order valence-electron chi connectivity index (χ4n) is 1.93. The van der Waals surface area contributed by atoms with E-state index in [9.17, 15) is 4.79 Å². The van der Waals surface area contributed by atoms with Gasteiger partial charge in [-0.2, -0.15) is 0 Å². The normalized spacial score (nSPS) is 20.5. The van der Waals surface area contributed by atoms with Gasteiger partial charge in [0.15, 0.2) is 0 Å². The topological polar surface area (TPSA) is 26.3 Å². The van der Waals surface area contributed by atoms with Crippen LogP contribution < -0.4 is 4.74 Å². The Morgan fingerprint density at radius 3 is 2.79 bits per heavy atom. The molecule has 1 aromatic carbocycles. The quantitative estimate of drug-likeness (QED) is 0.502. The minimum Gasteiger partial charge on any atom is -0.426 e. The van der Waals surface area contributed by atoms with Crippen LogP contribution in [0.4, 0.5) is 0 Å². The molecule has 1 aliphatic rings. The third-order valence-electron chi connectivity index (χ3n) is 2.73. The van der Waals surface area contributed by atoms with Crippen molar-refractivity contribution in [2.45, 2.75) is 26.2 Å². The smallest absolute Gasteiger partial charge is 0.311 e. The molecule has 0 radical (unpaired) electrons. The average molecular weight is 190 g/mol. The first-order valence-electron chi connectivity index (χ1n) is 4.98. The highest BCUT2D eigenvalue weighted by atomic mass is 16.5. The lowest BCUT2D eigenvalue weighted by Gasteiger charge is -2.26. The highest BCUT2D eigenvalue weighted by molar-refractivity contribution is 5.76. The van der Waals surface area contributed by atoms with Gasteiger partial charge in [-0.3, -0.25) is 4.79 Å². The number of carbonyl (C=O) groups excluding carboxylic acids is 1. The summed E-state index contributed by atoms with van der Waals surface area (Å²) in [4.78, 5) is 11.3. The van der Waals surface area contributed by atoms with Crippen molar-refractivity contribution in [1.82, 2.24) is 0 Å². The van der Waals surface area contributed by atoms with Crippen LogP contribution >= 0.6 is 0 Å². The van der Waals surface area contributed by atoms with E-state index in [0.717, 1.165) is 5.75 Å². The molecule has 1 heterocycles. The van der Waals surface area contributed by atoms with Gasteiger partial charge in [-0.05, 0) is 17.5 Å². The maximum absolute atomic E-state index is 11.3. The van der Waals surface area contributed by atoms with Crippen molar-refractivity contribution in [2.24, 2.45) is 5.92 Å². The van der Waals surface area contributed by atoms with Crippen molar-refractivity contribution in [2.75, 3.05) is 0 Å². The Morgan fingerprint density at radius 1 is 1.36 bits per heavy atom. The van der Waals surface area contributed by atoms with E-state index in [-0.39, 0.29) is 5.97 Å². The Bertz CT molecular complexity index is 355. The molecule has 74 valence electrons. The molecule has 0 bridgehead atoms. The van der Waals surface area contributed by atoms with Crippen molar-refractivity contribution in [1.29, 1.82) is 0 Å². The lowest BCUT2D eigenvalue weighted by molar-refractivity contribution is -0.136. The zero-order chi connectivity index (χ0) is 10.1. The molecule has 14 heavy (non-hydrogen) atoms. The van der Waals surface area contributed by atoms with Crippen molar-refractivity contribution in [3.05, 3.63) is 29.8 Å². The molecule has 0 N–H and O–H groups in total. The fourth-order valence-corrected chi connectivity index (χ4v) is 1.93. The summed E-state index contributed by atoms with van der Waals surface area (Å²) in [7, 11) is 0.